The van der Waals surface area contributed by atoms with E-state index < -0.39 is 0 Å². The van der Waals surface area contributed by atoms with E-state index in [1.54, 1.807) is 6.33 Å². The van der Waals surface area contributed by atoms with E-state index in [2.05, 4.69) is 55.5 Å². The number of anilines is 2. The summed E-state index contributed by atoms with van der Waals surface area (Å²) in [5.41, 5.74) is 2.75. The number of hydrogen-bond donors (Lipinski definition) is 2. The topological polar surface area (TPSA) is 96.5 Å². The first-order valence-electron chi connectivity index (χ1n) is 14.7. The molecule has 0 unspecified atom stereocenters. The molecule has 2 N–H and O–H groups in total. The van der Waals surface area contributed by atoms with E-state index in [0.717, 1.165) is 99.6 Å². The van der Waals surface area contributed by atoms with Crippen LogP contribution in [0.1, 0.15) is 18.4 Å². The number of ether oxygens (including phenoxy) is 4. The fourth-order valence-corrected chi connectivity index (χ4v) is 5.48. The summed E-state index contributed by atoms with van der Waals surface area (Å²) < 4.78 is 24.2. The number of likely N-dealkylation sites (N-methyl/N-ethyl adjacent to an activating group) is 2. The van der Waals surface area contributed by atoms with Gasteiger partial charge in [-0.15, -0.1) is 62.0 Å². The molecule has 2 aromatic carbocycles. The maximum absolute atomic E-state index is 6.31. The molecule has 3 aromatic rings. The summed E-state index contributed by atoms with van der Waals surface area (Å²) in [7, 11) is 4.31. The summed E-state index contributed by atoms with van der Waals surface area (Å²) >= 11 is 0. The fourth-order valence-electron chi connectivity index (χ4n) is 5.48. The van der Waals surface area contributed by atoms with Gasteiger partial charge in [-0.1, -0.05) is 6.07 Å². The monoisotopic (exact) mass is 743 g/mol. The highest BCUT2D eigenvalue weighted by Crippen LogP contribution is 2.44. The Kier molecular flexibility index (Phi) is 18.7. The summed E-state index contributed by atoms with van der Waals surface area (Å²) in [5, 5.41) is 7.96. The molecule has 6 rings (SSSR count). The van der Waals surface area contributed by atoms with Crippen LogP contribution in [0.4, 0.5) is 11.5 Å². The van der Waals surface area contributed by atoms with Crippen molar-refractivity contribution in [3.8, 4) is 23.0 Å². The van der Waals surface area contributed by atoms with Crippen molar-refractivity contribution < 1.29 is 18.9 Å². The van der Waals surface area contributed by atoms with Gasteiger partial charge >= 0.3 is 0 Å². The van der Waals surface area contributed by atoms with Crippen molar-refractivity contribution in [3.63, 3.8) is 0 Å². The van der Waals surface area contributed by atoms with Crippen molar-refractivity contribution in [2.45, 2.75) is 19.4 Å². The van der Waals surface area contributed by atoms with Crippen LogP contribution in [0.25, 0.3) is 10.9 Å². The molecule has 11 nitrogen and oxygen atoms in total. The van der Waals surface area contributed by atoms with Crippen molar-refractivity contribution in [2.24, 2.45) is 0 Å². The Morgan fingerprint density at radius 1 is 0.848 bits per heavy atom. The van der Waals surface area contributed by atoms with E-state index in [1.807, 2.05) is 18.2 Å². The lowest BCUT2D eigenvalue weighted by Crippen LogP contribution is -2.44. The summed E-state index contributed by atoms with van der Waals surface area (Å²) in [4.78, 5) is 16.4. The van der Waals surface area contributed by atoms with Gasteiger partial charge in [0.1, 0.15) is 12.1 Å². The number of rotatable bonds is 5. The lowest BCUT2D eigenvalue weighted by atomic mass is 10.1. The average Bonchev–Trinajstić information content (AvgIpc) is 3.46. The Bertz CT molecular complexity index is 1350. The van der Waals surface area contributed by atoms with Crippen LogP contribution < -0.4 is 29.6 Å². The molecule has 1 saturated heterocycles. The highest BCUT2D eigenvalue weighted by atomic mass is 35.5. The largest absolute Gasteiger partial charge is 0.490 e. The minimum Gasteiger partial charge on any atom is -0.490 e. The number of nitrogens with zero attached hydrogens (tertiary/aromatic N) is 5. The lowest BCUT2D eigenvalue weighted by Gasteiger charge is -2.32. The Balaban J connectivity index is 0.00000212. The van der Waals surface area contributed by atoms with E-state index in [9.17, 15) is 0 Å². The van der Waals surface area contributed by atoms with Crippen LogP contribution in [0.2, 0.25) is 0 Å². The molecule has 3 aliphatic rings. The third-order valence-corrected chi connectivity index (χ3v) is 7.91. The molecule has 46 heavy (non-hydrogen) atoms. The first-order chi connectivity index (χ1) is 20.1. The standard InChI is InChI=1S/C30H41N7O4.5ClH/c1-35-11-13-37(14-12-35)9-4-16-39-27-18-24-23-17-26(27)38-15-3-7-31-8-10-36(2)19-22-5-6-25-29(41-21-40-25)28(22)34-30(23)33-20-32-24;;;;;/h5-6,17-18,20,31H,3-4,7-16,19,21H2,1-2H3,(H,32,33,34);5*1H. The van der Waals surface area contributed by atoms with E-state index in [0.29, 0.717) is 36.3 Å². The minimum absolute atomic E-state index is 0. The van der Waals surface area contributed by atoms with Crippen molar-refractivity contribution in [1.29, 1.82) is 0 Å². The highest BCUT2D eigenvalue weighted by molar-refractivity contribution is 5.94. The lowest BCUT2D eigenvalue weighted by molar-refractivity contribution is 0.145. The number of nitrogens with one attached hydrogen (secondary N) is 2. The number of aromatic nitrogens is 2. The maximum atomic E-state index is 6.31. The van der Waals surface area contributed by atoms with Gasteiger partial charge in [0, 0.05) is 63.8 Å². The van der Waals surface area contributed by atoms with Crippen LogP contribution in [-0.4, -0.2) is 111 Å². The number of piperazine rings is 1. The third-order valence-electron chi connectivity index (χ3n) is 7.91. The van der Waals surface area contributed by atoms with Crippen LogP contribution in [0, 0.1) is 0 Å². The molecular weight excluding hydrogens is 700 g/mol. The van der Waals surface area contributed by atoms with E-state index in [4.69, 9.17) is 18.9 Å². The van der Waals surface area contributed by atoms with Crippen LogP contribution in [0.15, 0.2) is 30.6 Å². The van der Waals surface area contributed by atoms with Crippen LogP contribution in [0.5, 0.6) is 23.0 Å². The van der Waals surface area contributed by atoms with Crippen LogP contribution >= 0.6 is 62.0 Å². The zero-order valence-corrected chi connectivity index (χ0v) is 30.3. The number of benzene rings is 2. The Morgan fingerprint density at radius 2 is 1.65 bits per heavy atom. The quantitative estimate of drug-likeness (QED) is 0.345. The zero-order valence-electron chi connectivity index (χ0n) is 26.2. The second-order valence-electron chi connectivity index (χ2n) is 11.0. The van der Waals surface area contributed by atoms with Gasteiger partial charge in [-0.2, -0.15) is 0 Å². The van der Waals surface area contributed by atoms with Crippen molar-refractivity contribution in [3.05, 3.63) is 36.2 Å². The second kappa shape index (κ2) is 20.4. The normalized spacial score (nSPS) is 17.0. The smallest absolute Gasteiger partial charge is 0.231 e. The van der Waals surface area contributed by atoms with Gasteiger partial charge in [-0.25, -0.2) is 9.97 Å². The Hall–Kier alpha value is -1.93. The number of hydrogen-bond acceptors (Lipinski definition) is 11. The number of fused-ring (bicyclic) bond motifs is 4. The first-order valence-corrected chi connectivity index (χ1v) is 14.7. The molecule has 3 aliphatic heterocycles. The van der Waals surface area contributed by atoms with Gasteiger partial charge in [-0.05, 0) is 51.2 Å². The summed E-state index contributed by atoms with van der Waals surface area (Å²) in [6, 6.07) is 8.04. The molecule has 0 saturated carbocycles. The van der Waals surface area contributed by atoms with Gasteiger partial charge in [0.25, 0.3) is 0 Å². The Morgan fingerprint density at radius 3 is 2.46 bits per heavy atom. The van der Waals surface area contributed by atoms with E-state index in [1.165, 1.54) is 0 Å². The van der Waals surface area contributed by atoms with Crippen molar-refractivity contribution in [1.82, 2.24) is 30.0 Å². The predicted octanol–water partition coefficient (Wildman–Crippen LogP) is 5.03. The van der Waals surface area contributed by atoms with E-state index >= 15 is 0 Å². The van der Waals surface area contributed by atoms with Gasteiger partial charge < -0.3 is 44.3 Å². The van der Waals surface area contributed by atoms with Crippen LogP contribution in [0.3, 0.4) is 0 Å². The highest BCUT2D eigenvalue weighted by Gasteiger charge is 2.23. The molecule has 1 aromatic heterocycles. The third kappa shape index (κ3) is 10.5. The van der Waals surface area contributed by atoms with E-state index in [-0.39, 0.29) is 68.8 Å². The molecule has 0 radical (unpaired) electrons. The van der Waals surface area contributed by atoms with Gasteiger partial charge in [0.05, 0.1) is 24.4 Å². The first kappa shape index (κ1) is 42.1. The molecule has 16 heteroatoms. The average molecular weight is 746 g/mol. The van der Waals surface area contributed by atoms with Crippen LogP contribution in [-0.2, 0) is 6.54 Å². The maximum Gasteiger partial charge on any atom is 0.231 e. The SMILES string of the molecule is CN1CCN(CCCOc2cc3ncnc4c3cc2OCCCNCCN(C)Cc2ccc3c(c2N4)OCO3)CC1.Cl.Cl.Cl.Cl.Cl. The molecular formula is C30H46Cl5N7O4. The van der Waals surface area contributed by atoms with Crippen molar-refractivity contribution in [2.75, 3.05) is 91.8 Å². The molecule has 0 amide bonds. The zero-order chi connectivity index (χ0) is 28.0. The van der Waals surface area contributed by atoms with Gasteiger partial charge in [-0.3, -0.25) is 0 Å². The number of halogens is 5. The second-order valence-corrected chi connectivity index (χ2v) is 11.0. The summed E-state index contributed by atoms with van der Waals surface area (Å²) in [6.45, 7) is 10.4. The fraction of sp³-hybridized carbons (Fsp3) is 0.533. The minimum atomic E-state index is 0. The summed E-state index contributed by atoms with van der Waals surface area (Å²) in [5.74, 6) is 3.54. The van der Waals surface area contributed by atoms with Crippen molar-refractivity contribution >= 4 is 84.4 Å². The predicted molar refractivity (Wildman–Crippen MR) is 195 cm³/mol. The van der Waals surface area contributed by atoms with Gasteiger partial charge in [0.15, 0.2) is 23.0 Å². The Labute approximate surface area is 302 Å². The molecule has 260 valence electrons. The molecule has 0 atom stereocenters. The molecule has 1 fully saturated rings. The molecule has 0 spiro atoms. The molecule has 0 aliphatic carbocycles. The summed E-state index contributed by atoms with van der Waals surface area (Å²) in [6.07, 6.45) is 3.44. The molecule has 2 bridgehead atoms. The molecule has 4 heterocycles. The van der Waals surface area contributed by atoms with Gasteiger partial charge in [0.2, 0.25) is 6.79 Å².